The van der Waals surface area contributed by atoms with Crippen LogP contribution in [0.3, 0.4) is 0 Å². The quantitative estimate of drug-likeness (QED) is 0.477. The van der Waals surface area contributed by atoms with Gasteiger partial charge in [-0.15, -0.1) is 0 Å². The van der Waals surface area contributed by atoms with Gasteiger partial charge in [-0.2, -0.15) is 13.2 Å². The van der Waals surface area contributed by atoms with E-state index in [1.807, 2.05) is 6.92 Å². The van der Waals surface area contributed by atoms with Gasteiger partial charge in [0.25, 0.3) is 20.9 Å². The third-order valence-electron chi connectivity index (χ3n) is 4.90. The molecule has 3 rings (SSSR count). The van der Waals surface area contributed by atoms with Crippen molar-refractivity contribution >= 4 is 44.5 Å². The highest BCUT2D eigenvalue weighted by atomic mass is 32.2. The number of fused-ring (bicyclic) bond motifs is 1. The van der Waals surface area contributed by atoms with Crippen LogP contribution in [0.25, 0.3) is 0 Å². The fraction of sp³-hybridized carbons (Fsp3) is 0.368. The normalized spacial score (nSPS) is 19.6. The lowest BCUT2D eigenvalue weighted by atomic mass is 10.2. The number of likely N-dealkylation sites (N-methyl/N-ethyl adjacent to an activating group) is 1. The number of hydrogen-bond donors (Lipinski definition) is 0. The van der Waals surface area contributed by atoms with Gasteiger partial charge < -0.3 is 14.5 Å². The lowest BCUT2D eigenvalue weighted by Crippen LogP contribution is -2.28. The summed E-state index contributed by atoms with van der Waals surface area (Å²) in [7, 11) is -5.48. The van der Waals surface area contributed by atoms with Crippen molar-refractivity contribution in [3.8, 4) is 0 Å². The molecule has 7 nitrogen and oxygen atoms in total. The van der Waals surface area contributed by atoms with Crippen molar-refractivity contribution in [2.75, 3.05) is 29.4 Å². The van der Waals surface area contributed by atoms with E-state index in [1.165, 1.54) is 17.0 Å². The van der Waals surface area contributed by atoms with Crippen molar-refractivity contribution < 1.29 is 31.1 Å². The Balaban J connectivity index is 2.06. The first kappa shape index (κ1) is 23.1. The largest absolute Gasteiger partial charge is 0.501 e. The molecule has 0 aliphatic carbocycles. The summed E-state index contributed by atoms with van der Waals surface area (Å²) in [5.41, 5.74) is -4.52. The van der Waals surface area contributed by atoms with Crippen LogP contribution in [0, 0.1) is 0 Å². The van der Waals surface area contributed by atoms with Gasteiger partial charge in [0.2, 0.25) is 0 Å². The molecule has 0 radical (unpaired) electrons. The Labute approximate surface area is 183 Å². The number of alkyl halides is 3. The number of ether oxygens (including phenoxy) is 1. The smallest absolute Gasteiger partial charge is 0.426 e. The average molecular weight is 476 g/mol. The number of nitrogens with zero attached hydrogens (tertiary/aromatic N) is 3. The summed E-state index contributed by atoms with van der Waals surface area (Å²) < 4.78 is 68.0. The van der Waals surface area contributed by atoms with E-state index >= 15 is 0 Å². The van der Waals surface area contributed by atoms with Gasteiger partial charge in [0.15, 0.2) is 5.76 Å². The number of allylic oxidation sites excluding steroid dienone is 2. The molecule has 0 saturated carbocycles. The van der Waals surface area contributed by atoms with Crippen LogP contribution in [0.1, 0.15) is 20.8 Å². The second kappa shape index (κ2) is 8.15. The fourth-order valence-electron chi connectivity index (χ4n) is 3.42. The van der Waals surface area contributed by atoms with Crippen molar-refractivity contribution in [3.05, 3.63) is 41.9 Å². The van der Waals surface area contributed by atoms with Crippen LogP contribution < -0.4 is 9.80 Å². The lowest BCUT2D eigenvalue weighted by Gasteiger charge is -2.23. The molecule has 12 heteroatoms. The zero-order chi connectivity index (χ0) is 23.1. The average Bonchev–Trinajstić information content (AvgIpc) is 3.16. The summed E-state index contributed by atoms with van der Waals surface area (Å²) in [6.45, 7) is 6.54. The predicted molar refractivity (Wildman–Crippen MR) is 113 cm³/mol. The molecule has 0 atom stereocenters. The molecule has 31 heavy (non-hydrogen) atoms. The minimum Gasteiger partial charge on any atom is -0.426 e. The molecule has 1 fully saturated rings. The molecule has 0 bridgehead atoms. The van der Waals surface area contributed by atoms with Crippen LogP contribution in [0.15, 0.2) is 46.8 Å². The van der Waals surface area contributed by atoms with E-state index < -0.39 is 20.2 Å². The summed E-state index contributed by atoms with van der Waals surface area (Å²) >= 11 is 5.02. The number of halogens is 3. The van der Waals surface area contributed by atoms with Crippen molar-refractivity contribution in [1.29, 1.82) is 0 Å². The monoisotopic (exact) mass is 475 g/mol. The van der Waals surface area contributed by atoms with Crippen molar-refractivity contribution in [2.45, 2.75) is 31.2 Å². The SMILES string of the molecule is CCN1C(=O)/C(=C\C=C2\N(CC)c3ccc(S(=O)(=O)C(F)(F)F)cc3N2CC)OC1=S. The van der Waals surface area contributed by atoms with Gasteiger partial charge in [-0.25, -0.2) is 8.42 Å². The minimum atomic E-state index is -5.48. The molecule has 1 aromatic carbocycles. The summed E-state index contributed by atoms with van der Waals surface area (Å²) in [5, 5.41) is 0.0496. The van der Waals surface area contributed by atoms with E-state index in [0.29, 0.717) is 36.8 Å². The molecule has 0 unspecified atom stereocenters. The number of hydrogen-bond acceptors (Lipinski definition) is 7. The van der Waals surface area contributed by atoms with Crippen molar-refractivity contribution in [2.24, 2.45) is 0 Å². The first-order valence-corrected chi connectivity index (χ1v) is 11.3. The number of carbonyl (C=O) groups is 1. The minimum absolute atomic E-state index is 0.0303. The number of thiocarbonyl (C=S) groups is 1. The fourth-order valence-corrected chi connectivity index (χ4v) is 4.51. The van der Waals surface area contributed by atoms with Crippen LogP contribution in [-0.4, -0.2) is 49.5 Å². The van der Waals surface area contributed by atoms with Crippen LogP contribution >= 0.6 is 12.2 Å². The van der Waals surface area contributed by atoms with Gasteiger partial charge in [0, 0.05) is 19.6 Å². The third-order valence-corrected chi connectivity index (χ3v) is 6.69. The Morgan fingerprint density at radius 3 is 2.10 bits per heavy atom. The highest BCUT2D eigenvalue weighted by molar-refractivity contribution is 7.92. The highest BCUT2D eigenvalue weighted by Crippen LogP contribution is 2.44. The zero-order valence-corrected chi connectivity index (χ0v) is 18.6. The van der Waals surface area contributed by atoms with Crippen LogP contribution in [0.4, 0.5) is 24.5 Å². The van der Waals surface area contributed by atoms with E-state index in [1.54, 1.807) is 29.7 Å². The Morgan fingerprint density at radius 1 is 1.00 bits per heavy atom. The van der Waals surface area contributed by atoms with Crippen LogP contribution in [-0.2, 0) is 19.4 Å². The number of carbonyl (C=O) groups excluding carboxylic acids is 1. The van der Waals surface area contributed by atoms with E-state index in [0.717, 1.165) is 12.1 Å². The van der Waals surface area contributed by atoms with E-state index in [4.69, 9.17) is 17.0 Å². The molecule has 2 aliphatic heterocycles. The lowest BCUT2D eigenvalue weighted by molar-refractivity contribution is -0.122. The first-order chi connectivity index (χ1) is 14.5. The molecule has 1 amide bonds. The predicted octanol–water partition coefficient (Wildman–Crippen LogP) is 3.54. The molecule has 2 aliphatic rings. The van der Waals surface area contributed by atoms with Gasteiger partial charge in [-0.3, -0.25) is 9.69 Å². The molecule has 0 aromatic heterocycles. The van der Waals surface area contributed by atoms with Gasteiger partial charge in [-0.1, -0.05) is 0 Å². The number of rotatable bonds is 5. The Morgan fingerprint density at radius 2 is 1.58 bits per heavy atom. The summed E-state index contributed by atoms with van der Waals surface area (Å²) in [6, 6.07) is 3.31. The number of benzene rings is 1. The molecule has 1 saturated heterocycles. The van der Waals surface area contributed by atoms with Crippen LogP contribution in [0.2, 0.25) is 0 Å². The topological polar surface area (TPSA) is 70.2 Å². The summed E-state index contributed by atoms with van der Waals surface area (Å²) in [5.74, 6) is 0.207. The maximum atomic E-state index is 13.0. The maximum Gasteiger partial charge on any atom is 0.501 e. The number of sulfone groups is 1. The molecule has 2 heterocycles. The van der Waals surface area contributed by atoms with E-state index in [2.05, 4.69) is 0 Å². The Hall–Kier alpha value is -2.60. The van der Waals surface area contributed by atoms with E-state index in [9.17, 15) is 26.4 Å². The van der Waals surface area contributed by atoms with Crippen molar-refractivity contribution in [1.82, 2.24) is 4.90 Å². The van der Waals surface area contributed by atoms with E-state index in [-0.39, 0.29) is 16.8 Å². The third kappa shape index (κ3) is 3.78. The number of anilines is 2. The highest BCUT2D eigenvalue weighted by Gasteiger charge is 2.47. The molecule has 168 valence electrons. The maximum absolute atomic E-state index is 13.0. The number of amides is 1. The summed E-state index contributed by atoms with van der Waals surface area (Å²) in [4.78, 5) is 16.3. The van der Waals surface area contributed by atoms with Crippen LogP contribution in [0.5, 0.6) is 0 Å². The molecular weight excluding hydrogens is 455 g/mol. The Kier molecular flexibility index (Phi) is 6.07. The molecular formula is C19H20F3N3O4S2. The Bertz CT molecular complexity index is 1100. The van der Waals surface area contributed by atoms with Crippen molar-refractivity contribution in [3.63, 3.8) is 0 Å². The van der Waals surface area contributed by atoms with Gasteiger partial charge >= 0.3 is 5.51 Å². The van der Waals surface area contributed by atoms with Gasteiger partial charge in [0.1, 0.15) is 5.82 Å². The van der Waals surface area contributed by atoms with Gasteiger partial charge in [-0.05, 0) is 63.3 Å². The first-order valence-electron chi connectivity index (χ1n) is 9.44. The van der Waals surface area contributed by atoms with Gasteiger partial charge in [0.05, 0.1) is 16.3 Å². The molecule has 0 spiro atoms. The standard InChI is InChI=1S/C19H20F3N3O4S2/c1-4-23-13-8-7-12(31(27,28)19(20,21)22)11-14(13)24(5-2)16(23)10-9-15-17(26)25(6-3)18(30)29-15/h7-11H,4-6H2,1-3H3/b15-9+,16-10-. The zero-order valence-electron chi connectivity index (χ0n) is 16.9. The molecule has 0 N–H and O–H groups in total. The molecule has 1 aromatic rings. The second-order valence-electron chi connectivity index (χ2n) is 6.56. The summed E-state index contributed by atoms with van der Waals surface area (Å²) in [6.07, 6.45) is 3.05. The second-order valence-corrected chi connectivity index (χ2v) is 8.85.